The van der Waals surface area contributed by atoms with Gasteiger partial charge in [-0.2, -0.15) is 0 Å². The smallest absolute Gasteiger partial charge is 0.291 e. The van der Waals surface area contributed by atoms with Crippen molar-refractivity contribution in [2.75, 3.05) is 27.2 Å². The van der Waals surface area contributed by atoms with E-state index in [0.29, 0.717) is 17.9 Å². The minimum atomic E-state index is -1.08. The molecular weight excluding hydrogens is 356 g/mol. The monoisotopic (exact) mass is 383 g/mol. The third-order valence-electron chi connectivity index (χ3n) is 5.26. The number of quaternary nitrogens is 1. The fraction of sp³-hybridized carbons (Fsp3) is 0.409. The number of carbonyl (C=O) groups is 3. The average molecular weight is 383 g/mol. The van der Waals surface area contributed by atoms with Gasteiger partial charge in [0.05, 0.1) is 26.9 Å². The van der Waals surface area contributed by atoms with Crippen LogP contribution < -0.4 is 4.90 Å². The van der Waals surface area contributed by atoms with Crippen molar-refractivity contribution in [2.45, 2.75) is 26.3 Å². The van der Waals surface area contributed by atoms with E-state index in [-0.39, 0.29) is 5.78 Å². The van der Waals surface area contributed by atoms with E-state index < -0.39 is 23.7 Å². The number of hydrogen-bond acceptors (Lipinski definition) is 4. The van der Waals surface area contributed by atoms with Gasteiger partial charge in [-0.05, 0) is 37.6 Å². The first-order valence-corrected chi connectivity index (χ1v) is 9.60. The van der Waals surface area contributed by atoms with E-state index in [4.69, 9.17) is 4.42 Å². The molecule has 1 saturated heterocycles. The lowest BCUT2D eigenvalue weighted by Crippen LogP contribution is -3.05. The molecule has 1 N–H and O–H groups in total. The van der Waals surface area contributed by atoms with E-state index in [0.717, 1.165) is 24.1 Å². The van der Waals surface area contributed by atoms with Crippen molar-refractivity contribution in [3.8, 4) is 0 Å². The number of amides is 1. The first-order chi connectivity index (χ1) is 13.3. The normalized spacial score (nSPS) is 19.7. The standard InChI is InChI=1S/C22H26N2O4/c1-14-8-9-15(2)16(13-14)20(25)18-19(17-7-5-12-28-17)24(22(27)21(18)26)11-6-10-23(3)4/h5,7-9,12-13,18-19H,6,10-11H2,1-4H3/p+1. The predicted octanol–water partition coefficient (Wildman–Crippen LogP) is 1.38. The molecule has 0 aliphatic carbocycles. The van der Waals surface area contributed by atoms with Gasteiger partial charge in [-0.15, -0.1) is 0 Å². The number of carbonyl (C=O) groups excluding carboxylic acids is 3. The highest BCUT2D eigenvalue weighted by atomic mass is 16.3. The zero-order chi connectivity index (χ0) is 20.4. The maximum absolute atomic E-state index is 13.4. The van der Waals surface area contributed by atoms with Crippen molar-refractivity contribution in [2.24, 2.45) is 5.92 Å². The molecule has 6 heteroatoms. The van der Waals surface area contributed by atoms with Crippen molar-refractivity contribution in [1.82, 2.24) is 4.90 Å². The molecule has 1 aromatic carbocycles. The van der Waals surface area contributed by atoms with Crippen molar-refractivity contribution >= 4 is 17.5 Å². The quantitative estimate of drug-likeness (QED) is 0.445. The van der Waals surface area contributed by atoms with Crippen molar-refractivity contribution in [1.29, 1.82) is 0 Å². The summed E-state index contributed by atoms with van der Waals surface area (Å²) in [5, 5.41) is 0. The summed E-state index contributed by atoms with van der Waals surface area (Å²) in [6.07, 6.45) is 2.24. The van der Waals surface area contributed by atoms with E-state index in [1.165, 1.54) is 16.1 Å². The zero-order valence-electron chi connectivity index (χ0n) is 16.8. The molecule has 3 rings (SSSR count). The first-order valence-electron chi connectivity index (χ1n) is 9.60. The maximum Gasteiger partial charge on any atom is 0.291 e. The molecule has 1 amide bonds. The van der Waals surface area contributed by atoms with Gasteiger partial charge in [0.25, 0.3) is 5.91 Å². The number of nitrogens with one attached hydrogen (secondary N) is 1. The lowest BCUT2D eigenvalue weighted by Gasteiger charge is -2.25. The highest BCUT2D eigenvalue weighted by Gasteiger charge is 2.52. The highest BCUT2D eigenvalue weighted by Crippen LogP contribution is 2.38. The molecule has 1 aromatic heterocycles. The van der Waals surface area contributed by atoms with Crippen LogP contribution in [-0.2, 0) is 9.59 Å². The summed E-state index contributed by atoms with van der Waals surface area (Å²) in [4.78, 5) is 41.8. The zero-order valence-corrected chi connectivity index (χ0v) is 16.8. The molecule has 1 aliphatic rings. The molecule has 0 saturated carbocycles. The van der Waals surface area contributed by atoms with E-state index in [1.807, 2.05) is 40.1 Å². The molecule has 6 nitrogen and oxygen atoms in total. The minimum absolute atomic E-state index is 0.318. The van der Waals surface area contributed by atoms with Gasteiger partial charge in [-0.25, -0.2) is 0 Å². The van der Waals surface area contributed by atoms with E-state index in [9.17, 15) is 14.4 Å². The average Bonchev–Trinajstić information content (AvgIpc) is 3.25. The van der Waals surface area contributed by atoms with Crippen LogP contribution in [0.25, 0.3) is 0 Å². The maximum atomic E-state index is 13.4. The summed E-state index contributed by atoms with van der Waals surface area (Å²) in [6, 6.07) is 8.32. The van der Waals surface area contributed by atoms with Crippen LogP contribution in [0.2, 0.25) is 0 Å². The van der Waals surface area contributed by atoms with Gasteiger partial charge in [0.1, 0.15) is 17.7 Å². The summed E-state index contributed by atoms with van der Waals surface area (Å²) in [5.74, 6) is -2.17. The van der Waals surface area contributed by atoms with Crippen LogP contribution in [0, 0.1) is 19.8 Å². The van der Waals surface area contributed by atoms with Gasteiger partial charge in [-0.3, -0.25) is 14.4 Å². The number of furan rings is 1. The second-order valence-corrected chi connectivity index (χ2v) is 7.79. The van der Waals surface area contributed by atoms with E-state index >= 15 is 0 Å². The molecule has 2 heterocycles. The van der Waals surface area contributed by atoms with Crippen molar-refractivity contribution < 1.29 is 23.7 Å². The summed E-state index contributed by atoms with van der Waals surface area (Å²) >= 11 is 0. The molecular formula is C22H27N2O4+. The van der Waals surface area contributed by atoms with Crippen LogP contribution in [0.5, 0.6) is 0 Å². The highest BCUT2D eigenvalue weighted by molar-refractivity contribution is 6.44. The Kier molecular flexibility index (Phi) is 5.79. The predicted molar refractivity (Wildman–Crippen MR) is 104 cm³/mol. The van der Waals surface area contributed by atoms with Gasteiger partial charge in [-0.1, -0.05) is 17.7 Å². The number of aryl methyl sites for hydroxylation is 2. The summed E-state index contributed by atoms with van der Waals surface area (Å²) < 4.78 is 5.54. The van der Waals surface area contributed by atoms with Crippen molar-refractivity contribution in [3.63, 3.8) is 0 Å². The third-order valence-corrected chi connectivity index (χ3v) is 5.26. The van der Waals surface area contributed by atoms with Crippen molar-refractivity contribution in [3.05, 3.63) is 59.0 Å². The van der Waals surface area contributed by atoms with Gasteiger partial charge in [0.15, 0.2) is 5.78 Å². The number of rotatable bonds is 7. The number of Topliss-reactive ketones (excluding diaryl/α,β-unsaturated/α-hetero) is 2. The number of nitrogens with zero attached hydrogens (tertiary/aromatic N) is 1. The van der Waals surface area contributed by atoms with Gasteiger partial charge < -0.3 is 14.2 Å². The Labute approximate surface area is 165 Å². The number of hydrogen-bond donors (Lipinski definition) is 1. The summed E-state index contributed by atoms with van der Waals surface area (Å²) in [6.45, 7) is 5.02. The largest absolute Gasteiger partial charge is 0.467 e. The SMILES string of the molecule is Cc1ccc(C)c(C(=O)C2C(=O)C(=O)N(CCC[NH+](C)C)C2c2ccco2)c1. The van der Waals surface area contributed by atoms with Crippen LogP contribution in [0.3, 0.4) is 0 Å². The second-order valence-electron chi connectivity index (χ2n) is 7.79. The Balaban J connectivity index is 1.98. The topological polar surface area (TPSA) is 72.0 Å². The molecule has 1 fully saturated rings. The Hall–Kier alpha value is -2.73. The molecule has 0 bridgehead atoms. The third kappa shape index (κ3) is 3.78. The Bertz CT molecular complexity index is 886. The van der Waals surface area contributed by atoms with Gasteiger partial charge in [0.2, 0.25) is 5.78 Å². The fourth-order valence-corrected chi connectivity index (χ4v) is 3.78. The minimum Gasteiger partial charge on any atom is -0.467 e. The molecule has 1 aliphatic heterocycles. The summed E-state index contributed by atoms with van der Waals surface area (Å²) in [5.41, 5.74) is 2.22. The lowest BCUT2D eigenvalue weighted by molar-refractivity contribution is -0.858. The molecule has 2 aromatic rings. The van der Waals surface area contributed by atoms with Crippen LogP contribution in [-0.4, -0.2) is 49.6 Å². The van der Waals surface area contributed by atoms with Crippen LogP contribution >= 0.6 is 0 Å². The number of likely N-dealkylation sites (tertiary alicyclic amines) is 1. The van der Waals surface area contributed by atoms with Gasteiger partial charge in [0, 0.05) is 18.5 Å². The number of ketones is 2. The van der Waals surface area contributed by atoms with Crippen LogP contribution in [0.15, 0.2) is 41.0 Å². The summed E-state index contributed by atoms with van der Waals surface area (Å²) in [7, 11) is 4.07. The molecule has 0 spiro atoms. The molecule has 0 radical (unpaired) electrons. The van der Waals surface area contributed by atoms with Gasteiger partial charge >= 0.3 is 0 Å². The lowest BCUT2D eigenvalue weighted by atomic mass is 9.86. The Morgan fingerprint density at radius 3 is 2.57 bits per heavy atom. The first kappa shape index (κ1) is 20.0. The molecule has 2 atom stereocenters. The molecule has 148 valence electrons. The molecule has 2 unspecified atom stereocenters. The number of benzene rings is 1. The fourth-order valence-electron chi connectivity index (χ4n) is 3.78. The van der Waals surface area contributed by atoms with E-state index in [1.54, 1.807) is 18.2 Å². The second kappa shape index (κ2) is 8.10. The van der Waals surface area contributed by atoms with E-state index in [2.05, 4.69) is 0 Å². The van der Waals surface area contributed by atoms with Crippen LogP contribution in [0.4, 0.5) is 0 Å². The Morgan fingerprint density at radius 1 is 1.18 bits per heavy atom. The molecule has 28 heavy (non-hydrogen) atoms. The Morgan fingerprint density at radius 2 is 1.93 bits per heavy atom. The van der Waals surface area contributed by atoms with Crippen LogP contribution in [0.1, 0.15) is 39.7 Å².